The molecule has 1 fully saturated rings. The Morgan fingerprint density at radius 2 is 1.86 bits per heavy atom. The number of halogens is 1. The fourth-order valence-electron chi connectivity index (χ4n) is 2.71. The quantitative estimate of drug-likeness (QED) is 0.523. The second-order valence-corrected chi connectivity index (χ2v) is 8.87. The van der Waals surface area contributed by atoms with E-state index in [1.807, 2.05) is 30.5 Å². The van der Waals surface area contributed by atoms with E-state index >= 15 is 0 Å². The summed E-state index contributed by atoms with van der Waals surface area (Å²) in [5.74, 6) is -1.62. The average molecular weight is 426 g/mol. The van der Waals surface area contributed by atoms with Gasteiger partial charge in [-0.1, -0.05) is 12.1 Å². The van der Waals surface area contributed by atoms with Crippen molar-refractivity contribution >= 4 is 27.8 Å². The van der Waals surface area contributed by atoms with Crippen LogP contribution in [0.25, 0.3) is 0 Å². The molecule has 2 aromatic carbocycles. The molecule has 0 aliphatic carbocycles. The Bertz CT molecular complexity index is 941. The third kappa shape index (κ3) is 4.72. The zero-order chi connectivity index (χ0) is 20.1. The normalized spacial score (nSPS) is 15.4. The van der Waals surface area contributed by atoms with Crippen molar-refractivity contribution in [3.05, 3.63) is 59.4 Å². The number of benzene rings is 2. The van der Waals surface area contributed by atoms with Crippen LogP contribution in [-0.4, -0.2) is 51.3 Å². The predicted octanol–water partition coefficient (Wildman–Crippen LogP) is 2.93. The lowest BCUT2D eigenvalue weighted by Gasteiger charge is -2.26. The van der Waals surface area contributed by atoms with Crippen LogP contribution in [0.1, 0.15) is 15.9 Å². The van der Waals surface area contributed by atoms with Crippen molar-refractivity contribution in [2.45, 2.75) is 16.4 Å². The van der Waals surface area contributed by atoms with Gasteiger partial charge in [-0.15, -0.1) is 11.8 Å². The van der Waals surface area contributed by atoms with Gasteiger partial charge in [0.2, 0.25) is 10.0 Å². The van der Waals surface area contributed by atoms with E-state index in [1.165, 1.54) is 6.07 Å². The molecular formula is C19H20FNO5S2. The lowest BCUT2D eigenvalue weighted by molar-refractivity contribution is 0.0472. The minimum atomic E-state index is -4.06. The smallest absolute Gasteiger partial charge is 0.338 e. The minimum absolute atomic E-state index is 0.0195. The molecule has 1 aliphatic heterocycles. The summed E-state index contributed by atoms with van der Waals surface area (Å²) in [4.78, 5) is 12.9. The van der Waals surface area contributed by atoms with Gasteiger partial charge in [0.25, 0.3) is 0 Å². The standard InChI is InChI=1S/C19H20FNO5S2/c1-27-16-5-2-14(3-6-16)13-26-19(22)15-4-7-17(20)18(12-15)28(23,24)21-8-10-25-11-9-21/h2-7,12H,8-11,13H2,1H3. The summed E-state index contributed by atoms with van der Waals surface area (Å²) < 4.78 is 51.1. The molecule has 3 rings (SSSR count). The highest BCUT2D eigenvalue weighted by Gasteiger charge is 2.30. The number of rotatable bonds is 6. The summed E-state index contributed by atoms with van der Waals surface area (Å²) in [5, 5.41) is 0. The third-order valence-corrected chi connectivity index (χ3v) is 6.94. The van der Waals surface area contributed by atoms with E-state index in [9.17, 15) is 17.6 Å². The summed E-state index contributed by atoms with van der Waals surface area (Å²) >= 11 is 1.60. The molecule has 0 unspecified atom stereocenters. The first-order chi connectivity index (χ1) is 13.4. The van der Waals surface area contributed by atoms with E-state index in [0.717, 1.165) is 26.9 Å². The molecule has 0 bridgehead atoms. The molecule has 0 N–H and O–H groups in total. The predicted molar refractivity (Wildman–Crippen MR) is 103 cm³/mol. The van der Waals surface area contributed by atoms with Crippen molar-refractivity contribution in [2.24, 2.45) is 0 Å². The molecule has 0 spiro atoms. The van der Waals surface area contributed by atoms with Crippen LogP contribution in [-0.2, 0) is 26.1 Å². The second-order valence-electron chi connectivity index (χ2n) is 6.09. The van der Waals surface area contributed by atoms with Gasteiger partial charge < -0.3 is 9.47 Å². The summed E-state index contributed by atoms with van der Waals surface area (Å²) in [6.07, 6.45) is 1.96. The van der Waals surface area contributed by atoms with Crippen LogP contribution in [0, 0.1) is 5.82 Å². The number of morpholine rings is 1. The number of ether oxygens (including phenoxy) is 2. The number of nitrogens with zero attached hydrogens (tertiary/aromatic N) is 1. The highest BCUT2D eigenvalue weighted by Crippen LogP contribution is 2.22. The van der Waals surface area contributed by atoms with Gasteiger partial charge in [-0.3, -0.25) is 0 Å². The maximum absolute atomic E-state index is 14.2. The van der Waals surface area contributed by atoms with E-state index in [0.29, 0.717) is 0 Å². The van der Waals surface area contributed by atoms with E-state index in [4.69, 9.17) is 9.47 Å². The Morgan fingerprint density at radius 3 is 2.50 bits per heavy atom. The Hall–Kier alpha value is -1.94. The SMILES string of the molecule is CSc1ccc(COC(=O)c2ccc(F)c(S(=O)(=O)N3CCOCC3)c2)cc1. The van der Waals surface area contributed by atoms with Crippen molar-refractivity contribution in [3.8, 4) is 0 Å². The van der Waals surface area contributed by atoms with E-state index in [1.54, 1.807) is 11.8 Å². The van der Waals surface area contributed by atoms with Crippen LogP contribution in [0.4, 0.5) is 4.39 Å². The van der Waals surface area contributed by atoms with Crippen molar-refractivity contribution in [1.29, 1.82) is 0 Å². The molecular weight excluding hydrogens is 405 g/mol. The van der Waals surface area contributed by atoms with Gasteiger partial charge in [0.15, 0.2) is 0 Å². The van der Waals surface area contributed by atoms with Crippen LogP contribution in [0.15, 0.2) is 52.3 Å². The summed E-state index contributed by atoms with van der Waals surface area (Å²) in [5.41, 5.74) is 0.781. The van der Waals surface area contributed by atoms with Crippen LogP contribution in [0.5, 0.6) is 0 Å². The highest BCUT2D eigenvalue weighted by molar-refractivity contribution is 7.98. The Balaban J connectivity index is 1.75. The number of esters is 1. The molecule has 1 saturated heterocycles. The topological polar surface area (TPSA) is 72.9 Å². The van der Waals surface area contributed by atoms with Crippen molar-refractivity contribution < 1.29 is 27.1 Å². The summed E-state index contributed by atoms with van der Waals surface area (Å²) in [7, 11) is -4.06. The van der Waals surface area contributed by atoms with E-state index in [2.05, 4.69) is 0 Å². The van der Waals surface area contributed by atoms with Crippen LogP contribution in [0.3, 0.4) is 0 Å². The fourth-order valence-corrected chi connectivity index (χ4v) is 4.61. The molecule has 150 valence electrons. The molecule has 1 aliphatic rings. The molecule has 6 nitrogen and oxygen atoms in total. The molecule has 2 aromatic rings. The van der Waals surface area contributed by atoms with Gasteiger partial charge in [0, 0.05) is 18.0 Å². The van der Waals surface area contributed by atoms with Crippen LogP contribution in [0.2, 0.25) is 0 Å². The average Bonchev–Trinajstić information content (AvgIpc) is 2.73. The largest absolute Gasteiger partial charge is 0.457 e. The van der Waals surface area contributed by atoms with Crippen LogP contribution < -0.4 is 0 Å². The maximum Gasteiger partial charge on any atom is 0.338 e. The number of hydrogen-bond donors (Lipinski definition) is 0. The lowest BCUT2D eigenvalue weighted by Crippen LogP contribution is -2.41. The van der Waals surface area contributed by atoms with Gasteiger partial charge >= 0.3 is 5.97 Å². The monoisotopic (exact) mass is 425 g/mol. The van der Waals surface area contributed by atoms with Gasteiger partial charge in [-0.2, -0.15) is 4.31 Å². The van der Waals surface area contributed by atoms with Gasteiger partial charge in [0.05, 0.1) is 18.8 Å². The van der Waals surface area contributed by atoms with Crippen molar-refractivity contribution in [1.82, 2.24) is 4.31 Å². The summed E-state index contributed by atoms with van der Waals surface area (Å²) in [6, 6.07) is 10.7. The molecule has 9 heteroatoms. The third-order valence-electron chi connectivity index (χ3n) is 4.28. The van der Waals surface area contributed by atoms with Crippen molar-refractivity contribution in [3.63, 3.8) is 0 Å². The number of sulfonamides is 1. The molecule has 28 heavy (non-hydrogen) atoms. The Labute approximate surface area is 167 Å². The number of hydrogen-bond acceptors (Lipinski definition) is 6. The number of carbonyl (C=O) groups excluding carboxylic acids is 1. The Morgan fingerprint density at radius 1 is 1.18 bits per heavy atom. The fraction of sp³-hybridized carbons (Fsp3) is 0.316. The van der Waals surface area contributed by atoms with E-state index in [-0.39, 0.29) is 38.5 Å². The van der Waals surface area contributed by atoms with E-state index < -0.39 is 26.7 Å². The number of carbonyl (C=O) groups is 1. The minimum Gasteiger partial charge on any atom is -0.457 e. The van der Waals surface area contributed by atoms with Gasteiger partial charge in [-0.25, -0.2) is 17.6 Å². The highest BCUT2D eigenvalue weighted by atomic mass is 32.2. The molecule has 0 saturated carbocycles. The first kappa shape index (κ1) is 20.8. The number of thioether (sulfide) groups is 1. The zero-order valence-corrected chi connectivity index (χ0v) is 16.9. The molecule has 0 amide bonds. The first-order valence-corrected chi connectivity index (χ1v) is 11.3. The molecule has 0 aromatic heterocycles. The van der Waals surface area contributed by atoms with Gasteiger partial charge in [-0.05, 0) is 42.2 Å². The Kier molecular flexibility index (Phi) is 6.71. The maximum atomic E-state index is 14.2. The second kappa shape index (κ2) is 9.04. The first-order valence-electron chi connectivity index (χ1n) is 8.59. The lowest BCUT2D eigenvalue weighted by atomic mass is 10.2. The van der Waals surface area contributed by atoms with Gasteiger partial charge in [0.1, 0.15) is 17.3 Å². The summed E-state index contributed by atoms with van der Waals surface area (Å²) in [6.45, 7) is 0.817. The molecule has 1 heterocycles. The van der Waals surface area contributed by atoms with Crippen LogP contribution >= 0.6 is 11.8 Å². The zero-order valence-electron chi connectivity index (χ0n) is 15.3. The molecule has 0 atom stereocenters. The molecule has 0 radical (unpaired) electrons. The van der Waals surface area contributed by atoms with Crippen molar-refractivity contribution in [2.75, 3.05) is 32.6 Å².